The molecule has 0 aliphatic carbocycles. The van der Waals surface area contributed by atoms with Gasteiger partial charge in [-0.05, 0) is 30.9 Å². The minimum absolute atomic E-state index is 0.245. The van der Waals surface area contributed by atoms with Crippen molar-refractivity contribution in [2.75, 3.05) is 18.0 Å². The second-order valence-electron chi connectivity index (χ2n) is 4.79. The third-order valence-corrected chi connectivity index (χ3v) is 3.65. The lowest BCUT2D eigenvalue weighted by Gasteiger charge is -2.16. The van der Waals surface area contributed by atoms with Crippen LogP contribution in [0.5, 0.6) is 0 Å². The molecule has 0 radical (unpaired) electrons. The minimum Gasteiger partial charge on any atom is -0.406 e. The summed E-state index contributed by atoms with van der Waals surface area (Å²) in [7, 11) is 0. The maximum absolute atomic E-state index is 5.95. The fourth-order valence-corrected chi connectivity index (χ4v) is 2.46. The maximum atomic E-state index is 5.95. The molecule has 4 nitrogen and oxygen atoms in total. The van der Waals surface area contributed by atoms with Crippen LogP contribution in [0.4, 0.5) is 6.01 Å². The number of aromatic nitrogens is 2. The van der Waals surface area contributed by atoms with Crippen LogP contribution in [0.15, 0.2) is 28.7 Å². The quantitative estimate of drug-likeness (QED) is 0.792. The molecule has 100 valence electrons. The highest BCUT2D eigenvalue weighted by Crippen LogP contribution is 2.24. The number of hydrogen-bond acceptors (Lipinski definition) is 4. The minimum atomic E-state index is -0.245. The average molecular weight is 278 g/mol. The summed E-state index contributed by atoms with van der Waals surface area (Å²) in [5.74, 6) is 0.485. The number of benzene rings is 1. The Hall–Kier alpha value is -1.55. The predicted molar refractivity (Wildman–Crippen MR) is 74.6 cm³/mol. The van der Waals surface area contributed by atoms with Crippen LogP contribution in [0.3, 0.4) is 0 Å². The summed E-state index contributed by atoms with van der Waals surface area (Å²) in [4.78, 5) is 2.13. The van der Waals surface area contributed by atoms with Crippen molar-refractivity contribution in [2.24, 2.45) is 0 Å². The largest absolute Gasteiger partial charge is 0.406 e. The second kappa shape index (κ2) is 5.21. The molecular weight excluding hydrogens is 262 g/mol. The molecule has 0 spiro atoms. The average Bonchev–Trinajstić information content (AvgIpc) is 2.80. The normalized spacial score (nSPS) is 16.8. The number of fused-ring (bicyclic) bond motifs is 1. The fraction of sp³-hybridized carbons (Fsp3) is 0.429. The first-order chi connectivity index (χ1) is 9.24. The number of alkyl halides is 1. The van der Waals surface area contributed by atoms with Gasteiger partial charge in [0.05, 0.1) is 0 Å². The third kappa shape index (κ3) is 2.59. The predicted octanol–water partition coefficient (Wildman–Crippen LogP) is 2.97. The van der Waals surface area contributed by atoms with Gasteiger partial charge in [0.1, 0.15) is 5.38 Å². The highest BCUT2D eigenvalue weighted by atomic mass is 35.5. The Labute approximate surface area is 117 Å². The molecule has 5 heteroatoms. The Kier molecular flexibility index (Phi) is 3.42. The summed E-state index contributed by atoms with van der Waals surface area (Å²) < 4.78 is 5.61. The van der Waals surface area contributed by atoms with Crippen LogP contribution in [0.1, 0.15) is 29.3 Å². The molecule has 1 atom stereocenters. The molecule has 1 aromatic heterocycles. The van der Waals surface area contributed by atoms with E-state index < -0.39 is 0 Å². The van der Waals surface area contributed by atoms with Crippen molar-refractivity contribution in [2.45, 2.75) is 25.1 Å². The molecule has 19 heavy (non-hydrogen) atoms. The molecule has 0 bridgehead atoms. The molecule has 2 aromatic rings. The van der Waals surface area contributed by atoms with E-state index in [1.165, 1.54) is 11.1 Å². The standard InChI is InChI=1S/C14H16ClN3O/c1-10(15)13-16-17-14(19-13)18-8-6-11-4-2-3-5-12(11)7-9-18/h2-5,10H,6-9H2,1H3. The van der Waals surface area contributed by atoms with Gasteiger partial charge in [-0.2, -0.15) is 0 Å². The van der Waals surface area contributed by atoms with E-state index >= 15 is 0 Å². The van der Waals surface area contributed by atoms with Crippen LogP contribution < -0.4 is 4.90 Å². The Morgan fingerprint density at radius 1 is 1.16 bits per heavy atom. The third-order valence-electron chi connectivity index (χ3n) is 3.46. The summed E-state index contributed by atoms with van der Waals surface area (Å²) in [6, 6.07) is 9.15. The van der Waals surface area contributed by atoms with E-state index in [4.69, 9.17) is 16.0 Å². The van der Waals surface area contributed by atoms with Gasteiger partial charge in [-0.15, -0.1) is 16.7 Å². The number of rotatable bonds is 2. The molecule has 3 rings (SSSR count). The number of halogens is 1. The zero-order valence-electron chi connectivity index (χ0n) is 10.8. The lowest BCUT2D eigenvalue weighted by molar-refractivity contribution is 0.484. The van der Waals surface area contributed by atoms with Crippen molar-refractivity contribution in [3.63, 3.8) is 0 Å². The van der Waals surface area contributed by atoms with Crippen molar-refractivity contribution in [3.05, 3.63) is 41.3 Å². The maximum Gasteiger partial charge on any atom is 0.318 e. The molecule has 1 aliphatic heterocycles. The Morgan fingerprint density at radius 2 is 1.79 bits per heavy atom. The lowest BCUT2D eigenvalue weighted by Crippen LogP contribution is -2.26. The molecule has 0 N–H and O–H groups in total. The van der Waals surface area contributed by atoms with Gasteiger partial charge >= 0.3 is 6.01 Å². The molecular formula is C14H16ClN3O. The highest BCUT2D eigenvalue weighted by molar-refractivity contribution is 6.20. The molecule has 2 heterocycles. The Balaban J connectivity index is 1.77. The topological polar surface area (TPSA) is 42.2 Å². The summed E-state index contributed by atoms with van der Waals surface area (Å²) in [6.07, 6.45) is 2.01. The molecule has 1 unspecified atom stereocenters. The summed E-state index contributed by atoms with van der Waals surface area (Å²) in [5, 5.41) is 7.83. The van der Waals surface area contributed by atoms with E-state index in [-0.39, 0.29) is 5.38 Å². The molecule has 0 fully saturated rings. The summed E-state index contributed by atoms with van der Waals surface area (Å²) >= 11 is 5.95. The number of nitrogens with zero attached hydrogens (tertiary/aromatic N) is 3. The molecule has 1 aromatic carbocycles. The zero-order valence-corrected chi connectivity index (χ0v) is 11.6. The van der Waals surface area contributed by atoms with Crippen LogP contribution in [-0.4, -0.2) is 23.3 Å². The fourth-order valence-electron chi connectivity index (χ4n) is 2.37. The first kappa shape index (κ1) is 12.5. The highest BCUT2D eigenvalue weighted by Gasteiger charge is 2.19. The second-order valence-corrected chi connectivity index (χ2v) is 5.45. The van der Waals surface area contributed by atoms with E-state index in [2.05, 4.69) is 39.4 Å². The molecule has 0 amide bonds. The molecule has 0 saturated carbocycles. The van der Waals surface area contributed by atoms with Crippen molar-refractivity contribution < 1.29 is 4.42 Å². The van der Waals surface area contributed by atoms with Gasteiger partial charge in [-0.1, -0.05) is 29.4 Å². The van der Waals surface area contributed by atoms with Crippen LogP contribution in [-0.2, 0) is 12.8 Å². The Bertz CT molecular complexity index is 540. The van der Waals surface area contributed by atoms with Gasteiger partial charge in [0.25, 0.3) is 0 Å². The zero-order chi connectivity index (χ0) is 13.2. The van der Waals surface area contributed by atoms with Gasteiger partial charge in [0, 0.05) is 13.1 Å². The van der Waals surface area contributed by atoms with Gasteiger partial charge in [-0.3, -0.25) is 0 Å². The van der Waals surface area contributed by atoms with Crippen LogP contribution >= 0.6 is 11.6 Å². The number of hydrogen-bond donors (Lipinski definition) is 0. The monoisotopic (exact) mass is 277 g/mol. The number of anilines is 1. The smallest absolute Gasteiger partial charge is 0.318 e. The van der Waals surface area contributed by atoms with Crippen molar-refractivity contribution >= 4 is 17.6 Å². The Morgan fingerprint density at radius 3 is 2.32 bits per heavy atom. The SMILES string of the molecule is CC(Cl)c1nnc(N2CCc3ccccc3CC2)o1. The van der Waals surface area contributed by atoms with Gasteiger partial charge in [-0.25, -0.2) is 0 Å². The van der Waals surface area contributed by atoms with Crippen molar-refractivity contribution in [1.29, 1.82) is 0 Å². The molecule has 1 aliphatic rings. The molecule has 0 saturated heterocycles. The van der Waals surface area contributed by atoms with Gasteiger partial charge < -0.3 is 9.32 Å². The van der Waals surface area contributed by atoms with Gasteiger partial charge in [0.2, 0.25) is 5.89 Å². The van der Waals surface area contributed by atoms with Crippen LogP contribution in [0, 0.1) is 0 Å². The lowest BCUT2D eigenvalue weighted by atomic mass is 10.0. The first-order valence-electron chi connectivity index (χ1n) is 6.53. The van der Waals surface area contributed by atoms with E-state index in [9.17, 15) is 0 Å². The van der Waals surface area contributed by atoms with Gasteiger partial charge in [0.15, 0.2) is 0 Å². The van der Waals surface area contributed by atoms with E-state index in [1.54, 1.807) is 0 Å². The van der Waals surface area contributed by atoms with E-state index in [1.807, 2.05) is 6.92 Å². The van der Waals surface area contributed by atoms with Crippen LogP contribution in [0.25, 0.3) is 0 Å². The van der Waals surface area contributed by atoms with E-state index in [0.29, 0.717) is 11.9 Å². The summed E-state index contributed by atoms with van der Waals surface area (Å²) in [5.41, 5.74) is 2.82. The van der Waals surface area contributed by atoms with Crippen molar-refractivity contribution in [3.8, 4) is 0 Å². The van der Waals surface area contributed by atoms with Crippen molar-refractivity contribution in [1.82, 2.24) is 10.2 Å². The first-order valence-corrected chi connectivity index (χ1v) is 6.97. The van der Waals surface area contributed by atoms with E-state index in [0.717, 1.165) is 25.9 Å². The summed E-state index contributed by atoms with van der Waals surface area (Å²) in [6.45, 7) is 3.63. The van der Waals surface area contributed by atoms with Crippen LogP contribution in [0.2, 0.25) is 0 Å².